The van der Waals surface area contributed by atoms with E-state index in [1.807, 2.05) is 7.05 Å². The van der Waals surface area contributed by atoms with Gasteiger partial charge in [0.05, 0.1) is 36.4 Å². The van der Waals surface area contributed by atoms with E-state index >= 15 is 0 Å². The van der Waals surface area contributed by atoms with Crippen molar-refractivity contribution in [3.05, 3.63) is 58.9 Å². The quantitative estimate of drug-likeness (QED) is 0.0396. The van der Waals surface area contributed by atoms with Crippen LogP contribution in [0.3, 0.4) is 0 Å². The Bertz CT molecular complexity index is 2090. The standard InChI is InChI=1S/C30H33N3O12S2/c1-32-11-13-44-15-14-43-12-3-4-24(34)17-5-6-18(30(35)36)21(16-17)25-19-7-9-22(31)28(46(37,38)39)26(19)45-27-20(25)8-10-23(33-2)29(27)47(40,41)42/h5-10,16,32H,3-4,11-15,31H2,1-2H3,(H,35,36)(H,37,38,39)(H,40,41,42). The van der Waals surface area contributed by atoms with E-state index in [1.165, 1.54) is 43.4 Å². The van der Waals surface area contributed by atoms with E-state index in [0.717, 1.165) is 6.07 Å². The topological polar surface area (TPSA) is 245 Å². The molecule has 2 aliphatic rings. The van der Waals surface area contributed by atoms with E-state index < -0.39 is 53.0 Å². The highest BCUT2D eigenvalue weighted by atomic mass is 32.2. The molecule has 252 valence electrons. The van der Waals surface area contributed by atoms with Gasteiger partial charge in [-0.25, -0.2) is 4.79 Å². The summed E-state index contributed by atoms with van der Waals surface area (Å²) in [6, 6.07) is 8.80. The van der Waals surface area contributed by atoms with Crippen LogP contribution in [0.2, 0.25) is 0 Å². The average molecular weight is 692 g/mol. The van der Waals surface area contributed by atoms with Crippen LogP contribution in [0.25, 0.3) is 33.4 Å². The Hall–Kier alpha value is -4.23. The summed E-state index contributed by atoms with van der Waals surface area (Å²) in [7, 11) is -7.16. The molecule has 0 aromatic heterocycles. The molecule has 0 atom stereocenters. The number of nitrogen functional groups attached to an aromatic ring is 1. The first-order valence-corrected chi connectivity index (χ1v) is 17.0. The van der Waals surface area contributed by atoms with E-state index in [2.05, 4.69) is 10.3 Å². The van der Waals surface area contributed by atoms with Gasteiger partial charge in [0.1, 0.15) is 0 Å². The largest absolute Gasteiger partial charge is 0.478 e. The molecule has 0 saturated heterocycles. The minimum Gasteiger partial charge on any atom is -0.478 e. The van der Waals surface area contributed by atoms with Gasteiger partial charge in [0.25, 0.3) is 20.2 Å². The van der Waals surface area contributed by atoms with Gasteiger partial charge in [-0.05, 0) is 55.4 Å². The molecule has 1 heterocycles. The van der Waals surface area contributed by atoms with Gasteiger partial charge in [-0.2, -0.15) is 16.8 Å². The van der Waals surface area contributed by atoms with Gasteiger partial charge in [0.2, 0.25) is 0 Å². The van der Waals surface area contributed by atoms with Crippen LogP contribution in [0, 0.1) is 0 Å². The van der Waals surface area contributed by atoms with Crippen LogP contribution in [0.4, 0.5) is 5.69 Å². The number of ketones is 1. The second-order valence-corrected chi connectivity index (χ2v) is 12.9. The highest BCUT2D eigenvalue weighted by Gasteiger charge is 2.32. The number of rotatable bonds is 15. The summed E-state index contributed by atoms with van der Waals surface area (Å²) in [4.78, 5) is 27.8. The normalized spacial score (nSPS) is 12.6. The lowest BCUT2D eigenvalue weighted by atomic mass is 9.88. The van der Waals surface area contributed by atoms with Crippen LogP contribution in [-0.4, -0.2) is 89.9 Å². The Labute approximate surface area is 269 Å². The number of hydrogen-bond acceptors (Lipinski definition) is 12. The molecule has 0 saturated carbocycles. The molecule has 0 bridgehead atoms. The number of hydrogen-bond donors (Lipinski definition) is 5. The van der Waals surface area contributed by atoms with E-state index in [1.54, 1.807) is 0 Å². The third-order valence-corrected chi connectivity index (χ3v) is 8.98. The zero-order valence-corrected chi connectivity index (χ0v) is 27.0. The van der Waals surface area contributed by atoms with Crippen molar-refractivity contribution in [2.75, 3.05) is 52.8 Å². The number of carbonyl (C=O) groups excluding carboxylic acids is 1. The molecule has 17 heteroatoms. The number of aromatic carboxylic acids is 1. The number of anilines is 1. The van der Waals surface area contributed by atoms with Crippen LogP contribution < -0.4 is 16.4 Å². The van der Waals surface area contributed by atoms with Crippen molar-refractivity contribution in [3.63, 3.8) is 0 Å². The number of carboxylic acid groups (broad SMARTS) is 1. The molecule has 0 spiro atoms. The van der Waals surface area contributed by atoms with Crippen molar-refractivity contribution in [2.45, 2.75) is 22.6 Å². The van der Waals surface area contributed by atoms with Crippen LogP contribution in [0.5, 0.6) is 0 Å². The lowest BCUT2D eigenvalue weighted by Crippen LogP contribution is -2.18. The fourth-order valence-electron chi connectivity index (χ4n) is 5.04. The first-order valence-electron chi connectivity index (χ1n) is 14.1. The number of carboxylic acids is 1. The average Bonchev–Trinajstić information content (AvgIpc) is 3.00. The number of nitrogens with zero attached hydrogens (tertiary/aromatic N) is 1. The number of ether oxygens (including phenoxy) is 2. The van der Waals surface area contributed by atoms with Crippen molar-refractivity contribution in [2.24, 2.45) is 4.99 Å². The number of Topliss-reactive ketones (excluding diaryl/α,β-unsaturated/α-hetero) is 1. The van der Waals surface area contributed by atoms with Crippen molar-refractivity contribution in [1.82, 2.24) is 5.32 Å². The van der Waals surface area contributed by atoms with Crippen LogP contribution in [0.15, 0.2) is 61.7 Å². The summed E-state index contributed by atoms with van der Waals surface area (Å²) in [6.45, 7) is 2.22. The van der Waals surface area contributed by atoms with Crippen LogP contribution in [-0.2, 0) is 29.7 Å². The van der Waals surface area contributed by atoms with E-state index in [0.29, 0.717) is 32.8 Å². The summed E-state index contributed by atoms with van der Waals surface area (Å²) in [6.07, 6.45) is 0.384. The predicted octanol–water partition coefficient (Wildman–Crippen LogP) is 2.72. The summed E-state index contributed by atoms with van der Waals surface area (Å²) in [5, 5.41) is 12.7. The number of nitrogens with one attached hydrogen (secondary N) is 1. The Kier molecular flexibility index (Phi) is 11.1. The second kappa shape index (κ2) is 14.7. The van der Waals surface area contributed by atoms with Gasteiger partial charge >= 0.3 is 5.97 Å². The maximum atomic E-state index is 13.2. The molecule has 2 aromatic carbocycles. The molecule has 0 fully saturated rings. The van der Waals surface area contributed by atoms with Gasteiger partial charge in [-0.3, -0.25) is 18.9 Å². The molecule has 0 unspecified atom stereocenters. The lowest BCUT2D eigenvalue weighted by Gasteiger charge is -2.20. The molecule has 0 radical (unpaired) electrons. The number of carbonyl (C=O) groups is 2. The number of fused-ring (bicyclic) bond motifs is 2. The van der Waals surface area contributed by atoms with Crippen molar-refractivity contribution >= 4 is 48.6 Å². The fourth-order valence-corrected chi connectivity index (χ4v) is 6.60. The highest BCUT2D eigenvalue weighted by molar-refractivity contribution is 7.86. The number of nitrogens with two attached hydrogens (primary N) is 1. The third-order valence-electron chi connectivity index (χ3n) is 7.14. The maximum Gasteiger partial charge on any atom is 0.336 e. The third kappa shape index (κ3) is 7.84. The molecular formula is C30H33N3O12S2. The highest BCUT2D eigenvalue weighted by Crippen LogP contribution is 2.46. The van der Waals surface area contributed by atoms with E-state index in [9.17, 15) is 40.6 Å². The van der Waals surface area contributed by atoms with Crippen LogP contribution >= 0.6 is 0 Å². The zero-order valence-electron chi connectivity index (χ0n) is 25.3. The molecule has 2 aromatic rings. The van der Waals surface area contributed by atoms with E-state index in [4.69, 9.17) is 19.6 Å². The summed E-state index contributed by atoms with van der Waals surface area (Å²) < 4.78 is 87.0. The minimum atomic E-state index is -5.11. The Morgan fingerprint density at radius 1 is 0.915 bits per heavy atom. The molecule has 0 amide bonds. The minimum absolute atomic E-state index is 0.0375. The number of likely N-dealkylation sites (N-methyl/N-ethyl adjacent to an activating group) is 1. The molecule has 1 aliphatic carbocycles. The molecular weight excluding hydrogens is 658 g/mol. The van der Waals surface area contributed by atoms with Gasteiger partial charge < -0.3 is 30.0 Å². The first-order chi connectivity index (χ1) is 22.2. The SMILES string of the molecule is CN=c1ccc2c(-c3cc(C(=O)CCCOCCOCCNC)ccc3C(=O)O)c3ccc(N)c(S(=O)(=O)O)c3oc-2c1S(=O)(=O)O. The van der Waals surface area contributed by atoms with E-state index in [-0.39, 0.29) is 57.4 Å². The van der Waals surface area contributed by atoms with Crippen LogP contribution in [0.1, 0.15) is 33.6 Å². The summed E-state index contributed by atoms with van der Waals surface area (Å²) >= 11 is 0. The fraction of sp³-hybridized carbons (Fsp3) is 0.300. The van der Waals surface area contributed by atoms with Gasteiger partial charge in [0, 0.05) is 48.7 Å². The van der Waals surface area contributed by atoms with Gasteiger partial charge in [-0.1, -0.05) is 6.07 Å². The molecule has 15 nitrogen and oxygen atoms in total. The first kappa shape index (κ1) is 35.6. The number of benzene rings is 3. The summed E-state index contributed by atoms with van der Waals surface area (Å²) in [5.74, 6) is -2.39. The lowest BCUT2D eigenvalue weighted by molar-refractivity contribution is 0.0475. The Morgan fingerprint density at radius 2 is 1.60 bits per heavy atom. The molecule has 4 rings (SSSR count). The monoisotopic (exact) mass is 691 g/mol. The van der Waals surface area contributed by atoms with Crippen molar-refractivity contribution in [1.29, 1.82) is 0 Å². The van der Waals surface area contributed by atoms with Crippen molar-refractivity contribution < 1.29 is 54.5 Å². The zero-order chi connectivity index (χ0) is 34.5. The second-order valence-electron chi connectivity index (χ2n) is 10.2. The van der Waals surface area contributed by atoms with Gasteiger partial charge in [-0.15, -0.1) is 0 Å². The van der Waals surface area contributed by atoms with Gasteiger partial charge in [0.15, 0.2) is 26.9 Å². The van der Waals surface area contributed by atoms with Crippen molar-refractivity contribution in [3.8, 4) is 22.5 Å². The molecule has 1 aliphatic heterocycles. The summed E-state index contributed by atoms with van der Waals surface area (Å²) in [5.41, 5.74) is 4.29. The smallest absolute Gasteiger partial charge is 0.336 e. The maximum absolute atomic E-state index is 13.2. The Balaban J connectivity index is 1.90. The molecule has 6 N–H and O–H groups in total. The predicted molar refractivity (Wildman–Crippen MR) is 170 cm³/mol. The molecule has 47 heavy (non-hydrogen) atoms. The Morgan fingerprint density at radius 3 is 2.21 bits per heavy atom.